The van der Waals surface area contributed by atoms with Crippen molar-refractivity contribution in [3.05, 3.63) is 24.0 Å². The molecule has 0 saturated carbocycles. The number of rotatable bonds is 3. The third-order valence-corrected chi connectivity index (χ3v) is 0.837. The second-order valence-corrected chi connectivity index (χ2v) is 1.68. The highest BCUT2D eigenvalue weighted by atomic mass is 16.5. The maximum absolute atomic E-state index is 9.99. The molecule has 0 rings (SSSR count). The van der Waals surface area contributed by atoms with Gasteiger partial charge in [-0.3, -0.25) is 4.79 Å². The van der Waals surface area contributed by atoms with Crippen molar-refractivity contribution >= 4 is 6.29 Å². The average molecular weight is 126 g/mol. The minimum Gasteiger partial charge on any atom is -0.497 e. The van der Waals surface area contributed by atoms with Crippen molar-refractivity contribution in [2.45, 2.75) is 6.92 Å². The molecule has 0 fully saturated rings. The summed E-state index contributed by atoms with van der Waals surface area (Å²) in [6, 6.07) is 0. The van der Waals surface area contributed by atoms with Crippen LogP contribution in [0.3, 0.4) is 0 Å². The predicted molar refractivity (Wildman–Crippen MR) is 36.0 cm³/mol. The van der Waals surface area contributed by atoms with Crippen LogP contribution in [0.4, 0.5) is 0 Å². The van der Waals surface area contributed by atoms with Gasteiger partial charge in [-0.25, -0.2) is 0 Å². The van der Waals surface area contributed by atoms with E-state index >= 15 is 0 Å². The maximum atomic E-state index is 9.99. The minimum atomic E-state index is 0.500. The Balaban J connectivity index is 3.94. The summed E-state index contributed by atoms with van der Waals surface area (Å²) in [4.78, 5) is 9.99. The molecule has 0 aromatic heterocycles. The van der Waals surface area contributed by atoms with E-state index in [1.165, 1.54) is 7.11 Å². The number of carbonyl (C=O) groups excluding carboxylic acids is 1. The van der Waals surface area contributed by atoms with Gasteiger partial charge in [-0.1, -0.05) is 6.58 Å². The number of allylic oxidation sites excluding steroid dienone is 2. The Morgan fingerprint density at radius 1 is 1.67 bits per heavy atom. The molecule has 0 atom stereocenters. The van der Waals surface area contributed by atoms with Crippen molar-refractivity contribution in [1.82, 2.24) is 0 Å². The van der Waals surface area contributed by atoms with E-state index in [9.17, 15) is 4.79 Å². The monoisotopic (exact) mass is 126 g/mol. The molecule has 0 aromatic rings. The highest BCUT2D eigenvalue weighted by Gasteiger charge is 1.85. The van der Waals surface area contributed by atoms with Crippen LogP contribution in [-0.2, 0) is 9.53 Å². The summed E-state index contributed by atoms with van der Waals surface area (Å²) >= 11 is 0. The maximum Gasteiger partial charge on any atom is 0.145 e. The lowest BCUT2D eigenvalue weighted by Gasteiger charge is -1.94. The summed E-state index contributed by atoms with van der Waals surface area (Å²) < 4.78 is 4.69. The molecule has 0 aliphatic rings. The van der Waals surface area contributed by atoms with Crippen molar-refractivity contribution < 1.29 is 9.53 Å². The van der Waals surface area contributed by atoms with Crippen molar-refractivity contribution in [1.29, 1.82) is 0 Å². The van der Waals surface area contributed by atoms with Gasteiger partial charge in [-0.15, -0.1) is 0 Å². The van der Waals surface area contributed by atoms with Crippen LogP contribution in [0.2, 0.25) is 0 Å². The first-order valence-electron chi connectivity index (χ1n) is 2.57. The van der Waals surface area contributed by atoms with E-state index in [2.05, 4.69) is 6.58 Å². The molecular weight excluding hydrogens is 116 g/mol. The van der Waals surface area contributed by atoms with Gasteiger partial charge in [0.2, 0.25) is 0 Å². The average Bonchev–Trinajstić information content (AvgIpc) is 1.87. The second kappa shape index (κ2) is 3.89. The normalized spacial score (nSPS) is 10.7. The number of aldehydes is 1. The summed E-state index contributed by atoms with van der Waals surface area (Å²) in [5.74, 6) is 0.500. The topological polar surface area (TPSA) is 26.3 Å². The zero-order valence-corrected chi connectivity index (χ0v) is 5.68. The fourth-order valence-corrected chi connectivity index (χ4v) is 0.347. The van der Waals surface area contributed by atoms with E-state index in [-0.39, 0.29) is 0 Å². The Bertz CT molecular complexity index is 145. The summed E-state index contributed by atoms with van der Waals surface area (Å²) in [5.41, 5.74) is 0.613. The van der Waals surface area contributed by atoms with Crippen LogP contribution in [0.25, 0.3) is 0 Å². The molecule has 0 spiro atoms. The van der Waals surface area contributed by atoms with Gasteiger partial charge in [0.25, 0.3) is 0 Å². The lowest BCUT2D eigenvalue weighted by atomic mass is 10.3. The summed E-state index contributed by atoms with van der Waals surface area (Å²) in [5, 5.41) is 0. The summed E-state index contributed by atoms with van der Waals surface area (Å²) in [6.45, 7) is 5.20. The first kappa shape index (κ1) is 7.95. The van der Waals surface area contributed by atoms with Crippen LogP contribution in [-0.4, -0.2) is 13.4 Å². The lowest BCUT2D eigenvalue weighted by molar-refractivity contribution is -0.104. The molecule has 2 heteroatoms. The van der Waals surface area contributed by atoms with Gasteiger partial charge < -0.3 is 4.74 Å². The van der Waals surface area contributed by atoms with Crippen molar-refractivity contribution in [3.63, 3.8) is 0 Å². The number of carbonyl (C=O) groups is 1. The second-order valence-electron chi connectivity index (χ2n) is 1.68. The molecule has 9 heavy (non-hydrogen) atoms. The molecule has 0 aliphatic heterocycles. The molecular formula is C7H10O2. The van der Waals surface area contributed by atoms with Gasteiger partial charge in [0, 0.05) is 0 Å². The standard InChI is InChI=1S/C7H10O2/c1-6(5-8)4-7(2)9-3/h4-5H,2H2,1,3H3. The van der Waals surface area contributed by atoms with E-state index in [4.69, 9.17) is 4.74 Å². The highest BCUT2D eigenvalue weighted by molar-refractivity contribution is 5.72. The van der Waals surface area contributed by atoms with Gasteiger partial charge in [0.1, 0.15) is 12.0 Å². The van der Waals surface area contributed by atoms with E-state index in [0.717, 1.165) is 6.29 Å². The molecule has 0 aliphatic carbocycles. The van der Waals surface area contributed by atoms with Gasteiger partial charge in [-0.05, 0) is 18.6 Å². The largest absolute Gasteiger partial charge is 0.497 e. The third kappa shape index (κ3) is 3.53. The Labute approximate surface area is 54.8 Å². The Kier molecular flexibility index (Phi) is 3.44. The fraction of sp³-hybridized carbons (Fsp3) is 0.286. The quantitative estimate of drug-likeness (QED) is 0.246. The van der Waals surface area contributed by atoms with Gasteiger partial charge in [0.15, 0.2) is 0 Å². The molecule has 0 amide bonds. The minimum absolute atomic E-state index is 0.500. The van der Waals surface area contributed by atoms with E-state index in [0.29, 0.717) is 11.3 Å². The molecule has 0 unspecified atom stereocenters. The molecule has 0 saturated heterocycles. The van der Waals surface area contributed by atoms with Gasteiger partial charge in [-0.2, -0.15) is 0 Å². The van der Waals surface area contributed by atoms with Crippen LogP contribution in [0, 0.1) is 0 Å². The third-order valence-electron chi connectivity index (χ3n) is 0.837. The molecule has 0 bridgehead atoms. The van der Waals surface area contributed by atoms with E-state index in [1.54, 1.807) is 13.0 Å². The van der Waals surface area contributed by atoms with Crippen LogP contribution >= 0.6 is 0 Å². The van der Waals surface area contributed by atoms with Gasteiger partial charge in [0.05, 0.1) is 7.11 Å². The first-order chi connectivity index (χ1) is 4.20. The van der Waals surface area contributed by atoms with Gasteiger partial charge >= 0.3 is 0 Å². The molecule has 0 aromatic carbocycles. The van der Waals surface area contributed by atoms with Crippen molar-refractivity contribution in [2.24, 2.45) is 0 Å². The van der Waals surface area contributed by atoms with Crippen LogP contribution in [0.1, 0.15) is 6.92 Å². The fourth-order valence-electron chi connectivity index (χ4n) is 0.347. The highest BCUT2D eigenvalue weighted by Crippen LogP contribution is 1.96. The lowest BCUT2D eigenvalue weighted by Crippen LogP contribution is -1.81. The number of ether oxygens (including phenoxy) is 1. The smallest absolute Gasteiger partial charge is 0.145 e. The number of hydrogen-bond donors (Lipinski definition) is 0. The molecule has 0 heterocycles. The van der Waals surface area contributed by atoms with E-state index in [1.807, 2.05) is 0 Å². The Morgan fingerprint density at radius 2 is 2.22 bits per heavy atom. The first-order valence-corrected chi connectivity index (χ1v) is 2.57. The Hall–Kier alpha value is -1.05. The molecule has 0 N–H and O–H groups in total. The molecule has 0 radical (unpaired) electrons. The van der Waals surface area contributed by atoms with Crippen LogP contribution in [0.15, 0.2) is 24.0 Å². The number of hydrogen-bond acceptors (Lipinski definition) is 2. The zero-order chi connectivity index (χ0) is 7.28. The van der Waals surface area contributed by atoms with Crippen LogP contribution < -0.4 is 0 Å². The number of methoxy groups -OCH3 is 1. The SMILES string of the molecule is C=C(C=C(C)C=O)OC. The summed E-state index contributed by atoms with van der Waals surface area (Å²) in [6.07, 6.45) is 2.33. The van der Waals surface area contributed by atoms with Crippen molar-refractivity contribution in [3.8, 4) is 0 Å². The Morgan fingerprint density at radius 3 is 2.56 bits per heavy atom. The molecule has 50 valence electrons. The van der Waals surface area contributed by atoms with E-state index < -0.39 is 0 Å². The zero-order valence-electron chi connectivity index (χ0n) is 5.68. The molecule has 2 nitrogen and oxygen atoms in total. The summed E-state index contributed by atoms with van der Waals surface area (Å²) in [7, 11) is 1.51. The van der Waals surface area contributed by atoms with Crippen molar-refractivity contribution in [2.75, 3.05) is 7.11 Å². The predicted octanol–water partition coefficient (Wildman–Crippen LogP) is 1.29. The van der Waals surface area contributed by atoms with Crippen LogP contribution in [0.5, 0.6) is 0 Å².